The Bertz CT molecular complexity index is 677. The van der Waals surface area contributed by atoms with Gasteiger partial charge in [0.15, 0.2) is 0 Å². The van der Waals surface area contributed by atoms with Crippen molar-refractivity contribution in [3.05, 3.63) is 53.5 Å². The summed E-state index contributed by atoms with van der Waals surface area (Å²) in [5.41, 5.74) is 1.13. The van der Waals surface area contributed by atoms with Gasteiger partial charge >= 0.3 is 0 Å². The van der Waals surface area contributed by atoms with Crippen LogP contribution in [0.4, 0.5) is 0 Å². The van der Waals surface area contributed by atoms with Crippen LogP contribution in [0, 0.1) is 5.41 Å². The van der Waals surface area contributed by atoms with E-state index >= 15 is 0 Å². The van der Waals surface area contributed by atoms with Gasteiger partial charge in [0.05, 0.1) is 0 Å². The Labute approximate surface area is 141 Å². The Balaban J connectivity index is 2.59. The van der Waals surface area contributed by atoms with Crippen molar-refractivity contribution in [1.82, 2.24) is 4.67 Å². The zero-order chi connectivity index (χ0) is 17.5. The zero-order valence-electron chi connectivity index (χ0n) is 15.6. The average molecular weight is 331 g/mol. The fraction of sp³-hybridized carbons (Fsp3) is 0.500. The topological polar surface area (TPSA) is 20.3 Å². The van der Waals surface area contributed by atoms with Gasteiger partial charge < -0.3 is 4.67 Å². The van der Waals surface area contributed by atoms with Crippen molar-refractivity contribution in [3.8, 4) is 0 Å². The second-order valence-electron chi connectivity index (χ2n) is 8.46. The molecule has 0 aromatic heterocycles. The van der Waals surface area contributed by atoms with Gasteiger partial charge in [0, 0.05) is 22.4 Å². The van der Waals surface area contributed by atoms with Crippen LogP contribution in [-0.4, -0.2) is 10.2 Å². The summed E-state index contributed by atoms with van der Waals surface area (Å²) in [6.45, 7) is 15.2. The maximum Gasteiger partial charge on any atom is 0.225 e. The highest BCUT2D eigenvalue weighted by atomic mass is 31.2. The molecule has 0 bridgehead atoms. The molecule has 1 atom stereocenters. The Morgan fingerprint density at radius 1 is 1.00 bits per heavy atom. The summed E-state index contributed by atoms with van der Waals surface area (Å²) in [5, 5.41) is 1.88. The van der Waals surface area contributed by atoms with E-state index in [1.54, 1.807) is 0 Å². The molecular formula is C20H30NOP. The molecule has 3 heteroatoms. The van der Waals surface area contributed by atoms with Crippen molar-refractivity contribution in [3.63, 3.8) is 0 Å². The van der Waals surface area contributed by atoms with Crippen LogP contribution in [-0.2, 0) is 4.57 Å². The van der Waals surface area contributed by atoms with Gasteiger partial charge in [0.2, 0.25) is 7.29 Å². The first kappa shape index (κ1) is 18.1. The maximum absolute atomic E-state index is 14.2. The highest BCUT2D eigenvalue weighted by Crippen LogP contribution is 2.62. The summed E-state index contributed by atoms with van der Waals surface area (Å²) < 4.78 is 16.3. The van der Waals surface area contributed by atoms with E-state index in [9.17, 15) is 4.57 Å². The third-order valence-electron chi connectivity index (χ3n) is 4.23. The second kappa shape index (κ2) is 5.98. The lowest BCUT2D eigenvalue weighted by Crippen LogP contribution is -2.44. The van der Waals surface area contributed by atoms with Crippen molar-refractivity contribution in [2.75, 3.05) is 0 Å². The molecule has 126 valence electrons. The number of nitrogens with zero attached hydrogens (tertiary/aromatic N) is 1. The van der Waals surface area contributed by atoms with E-state index in [4.69, 9.17) is 0 Å². The Hall–Kier alpha value is -1.27. The fourth-order valence-electron chi connectivity index (χ4n) is 3.79. The quantitative estimate of drug-likeness (QED) is 0.640. The first-order chi connectivity index (χ1) is 10.5. The molecular weight excluding hydrogens is 301 g/mol. The lowest BCUT2D eigenvalue weighted by Gasteiger charge is -2.47. The van der Waals surface area contributed by atoms with E-state index in [0.29, 0.717) is 0 Å². The number of benzene rings is 1. The van der Waals surface area contributed by atoms with E-state index in [1.165, 1.54) is 0 Å². The highest BCUT2D eigenvalue weighted by Gasteiger charge is 2.43. The molecule has 1 heterocycles. The molecule has 0 saturated heterocycles. The molecule has 23 heavy (non-hydrogen) atoms. The van der Waals surface area contributed by atoms with Crippen molar-refractivity contribution < 1.29 is 4.57 Å². The number of rotatable bonds is 3. The molecule has 0 radical (unpaired) electrons. The standard InChI is InChI=1S/C20H30NOP/c1-16-13-17(2)23(22,18-11-9-8-10-12-18)21(14-16)20(6,7)15-19(3,4)5/h8-14H,15H2,1-7H3. The van der Waals surface area contributed by atoms with Crippen molar-refractivity contribution in [2.45, 2.75) is 60.4 Å². The van der Waals surface area contributed by atoms with Gasteiger partial charge in [-0.25, -0.2) is 0 Å². The van der Waals surface area contributed by atoms with E-state index in [-0.39, 0.29) is 11.0 Å². The Morgan fingerprint density at radius 3 is 2.09 bits per heavy atom. The summed E-state index contributed by atoms with van der Waals surface area (Å²) in [7, 11) is -2.79. The maximum atomic E-state index is 14.2. The van der Waals surface area contributed by atoms with Gasteiger partial charge in [-0.1, -0.05) is 39.0 Å². The molecule has 0 aliphatic carbocycles. The van der Waals surface area contributed by atoms with Crippen LogP contribution in [0.15, 0.2) is 53.5 Å². The first-order valence-electron chi connectivity index (χ1n) is 8.30. The number of hydrogen-bond acceptors (Lipinski definition) is 1. The lowest BCUT2D eigenvalue weighted by atomic mass is 9.82. The van der Waals surface area contributed by atoms with Crippen LogP contribution in [0.5, 0.6) is 0 Å². The molecule has 1 aliphatic heterocycles. The molecule has 1 aliphatic rings. The molecule has 2 rings (SSSR count). The summed E-state index contributed by atoms with van der Waals surface area (Å²) in [6, 6.07) is 9.91. The molecule has 2 nitrogen and oxygen atoms in total. The van der Waals surface area contributed by atoms with Crippen molar-refractivity contribution in [2.24, 2.45) is 5.41 Å². The van der Waals surface area contributed by atoms with E-state index < -0.39 is 7.29 Å². The van der Waals surface area contributed by atoms with E-state index in [0.717, 1.165) is 22.6 Å². The highest BCUT2D eigenvalue weighted by molar-refractivity contribution is 7.73. The number of allylic oxidation sites excluding steroid dienone is 3. The minimum atomic E-state index is -2.79. The molecule has 0 amide bonds. The Morgan fingerprint density at radius 2 is 1.57 bits per heavy atom. The van der Waals surface area contributed by atoms with Crippen LogP contribution in [0.25, 0.3) is 0 Å². The second-order valence-corrected chi connectivity index (χ2v) is 11.3. The van der Waals surface area contributed by atoms with Gasteiger partial charge in [0.1, 0.15) is 0 Å². The molecule has 0 fully saturated rings. The molecule has 1 unspecified atom stereocenters. The third kappa shape index (κ3) is 3.63. The SMILES string of the molecule is CC1=CN(C(C)(C)CC(C)(C)C)P(=O)(c2ccccc2)C(C)=C1. The number of hydrogen-bond donors (Lipinski definition) is 0. The molecule has 0 saturated carbocycles. The van der Waals surface area contributed by atoms with E-state index in [2.05, 4.69) is 58.5 Å². The minimum Gasteiger partial charge on any atom is -0.317 e. The van der Waals surface area contributed by atoms with Crippen molar-refractivity contribution in [1.29, 1.82) is 0 Å². The van der Waals surface area contributed by atoms with Crippen LogP contribution in [0.1, 0.15) is 54.9 Å². The molecule has 1 aromatic carbocycles. The largest absolute Gasteiger partial charge is 0.317 e. The molecule has 1 aromatic rings. The van der Waals surface area contributed by atoms with Gasteiger partial charge in [-0.15, -0.1) is 0 Å². The monoisotopic (exact) mass is 331 g/mol. The average Bonchev–Trinajstić information content (AvgIpc) is 2.41. The minimum absolute atomic E-state index is 0.168. The van der Waals surface area contributed by atoms with Gasteiger partial charge in [0.25, 0.3) is 0 Å². The third-order valence-corrected chi connectivity index (χ3v) is 7.58. The summed E-state index contributed by atoms with van der Waals surface area (Å²) >= 11 is 0. The predicted octanol–water partition coefficient (Wildman–Crippen LogP) is 5.93. The van der Waals surface area contributed by atoms with Gasteiger partial charge in [-0.2, -0.15) is 0 Å². The fourth-order valence-corrected chi connectivity index (χ4v) is 6.92. The van der Waals surface area contributed by atoms with Crippen LogP contribution in [0.2, 0.25) is 0 Å². The Kier molecular flexibility index (Phi) is 4.70. The lowest BCUT2D eigenvalue weighted by molar-refractivity contribution is 0.191. The zero-order valence-corrected chi connectivity index (χ0v) is 16.4. The van der Waals surface area contributed by atoms with Crippen LogP contribution in [0.3, 0.4) is 0 Å². The normalized spacial score (nSPS) is 22.7. The van der Waals surface area contributed by atoms with Crippen LogP contribution < -0.4 is 5.30 Å². The molecule has 0 spiro atoms. The summed E-state index contributed by atoms with van der Waals surface area (Å²) in [5.74, 6) is 0. The predicted molar refractivity (Wildman–Crippen MR) is 101 cm³/mol. The first-order valence-corrected chi connectivity index (χ1v) is 9.95. The molecule has 0 N–H and O–H groups in total. The van der Waals surface area contributed by atoms with Gasteiger partial charge in [-0.3, -0.25) is 4.57 Å². The summed E-state index contributed by atoms with van der Waals surface area (Å²) in [4.78, 5) is 0. The van der Waals surface area contributed by atoms with Gasteiger partial charge in [-0.05, 0) is 63.3 Å². The summed E-state index contributed by atoms with van der Waals surface area (Å²) in [6.07, 6.45) is 5.12. The van der Waals surface area contributed by atoms with Crippen molar-refractivity contribution >= 4 is 12.6 Å². The van der Waals surface area contributed by atoms with E-state index in [1.807, 2.05) is 37.3 Å². The smallest absolute Gasteiger partial charge is 0.225 e. The van der Waals surface area contributed by atoms with Crippen LogP contribution >= 0.6 is 7.29 Å².